The van der Waals surface area contributed by atoms with Gasteiger partial charge in [-0.1, -0.05) is 0 Å². The molecule has 1 aromatic rings. The van der Waals surface area contributed by atoms with E-state index in [2.05, 4.69) is 54.9 Å². The third-order valence-corrected chi connectivity index (χ3v) is 4.27. The fourth-order valence-electron chi connectivity index (χ4n) is 2.25. The van der Waals surface area contributed by atoms with Crippen LogP contribution in [0.5, 0.6) is 0 Å². The van der Waals surface area contributed by atoms with Crippen molar-refractivity contribution in [3.63, 3.8) is 0 Å². The van der Waals surface area contributed by atoms with Crippen LogP contribution in [0.1, 0.15) is 19.5 Å². The van der Waals surface area contributed by atoms with Crippen molar-refractivity contribution in [2.24, 2.45) is 0 Å². The minimum Gasteiger partial charge on any atom is -0.373 e. The van der Waals surface area contributed by atoms with Crippen LogP contribution in [0.4, 0.5) is 5.69 Å². The summed E-state index contributed by atoms with van der Waals surface area (Å²) in [5.74, 6) is 0. The molecule has 0 saturated carbocycles. The molecule has 1 atom stereocenters. The zero-order valence-corrected chi connectivity index (χ0v) is 12.7. The second-order valence-corrected chi connectivity index (χ2v) is 6.01. The number of aryl methyl sites for hydroxylation is 1. The van der Waals surface area contributed by atoms with Crippen LogP contribution in [0.2, 0.25) is 0 Å². The molecule has 0 radical (unpaired) electrons. The number of hydrogen-bond donors (Lipinski definition) is 0. The highest BCUT2D eigenvalue weighted by Crippen LogP contribution is 2.25. The average molecular weight is 263 g/mol. The summed E-state index contributed by atoms with van der Waals surface area (Å²) < 4.78 is 5.98. The van der Waals surface area contributed by atoms with E-state index in [9.17, 15) is 0 Å². The highest BCUT2D eigenvalue weighted by atomic mass is 16.5. The summed E-state index contributed by atoms with van der Waals surface area (Å²) in [6.45, 7) is 9.10. The summed E-state index contributed by atoms with van der Waals surface area (Å²) in [6, 6.07) is 4.21. The van der Waals surface area contributed by atoms with Crippen molar-refractivity contribution < 1.29 is 4.74 Å². The van der Waals surface area contributed by atoms with Gasteiger partial charge in [0.15, 0.2) is 0 Å². The van der Waals surface area contributed by atoms with Crippen molar-refractivity contribution in [2.75, 3.05) is 38.7 Å². The Morgan fingerprint density at radius 2 is 2.11 bits per heavy atom. The summed E-state index contributed by atoms with van der Waals surface area (Å²) in [4.78, 5) is 8.98. The number of rotatable bonds is 3. The standard InChI is InChI=1S/C15H25N3O/c1-12-6-7-13(10-16-12)18-8-9-19-14(11-18)15(2,3)17(4)5/h6-7,10,14H,8-9,11H2,1-5H3/t14-/m0/s1. The van der Waals surface area contributed by atoms with Crippen molar-refractivity contribution in [3.8, 4) is 0 Å². The Labute approximate surface area is 116 Å². The molecule has 0 N–H and O–H groups in total. The lowest BCUT2D eigenvalue weighted by atomic mass is 9.94. The van der Waals surface area contributed by atoms with E-state index in [1.54, 1.807) is 0 Å². The molecule has 2 rings (SSSR count). The van der Waals surface area contributed by atoms with E-state index in [1.807, 2.05) is 13.1 Å². The maximum absolute atomic E-state index is 5.98. The Morgan fingerprint density at radius 1 is 1.37 bits per heavy atom. The number of aromatic nitrogens is 1. The van der Waals surface area contributed by atoms with Gasteiger partial charge in [0.1, 0.15) is 0 Å². The first-order chi connectivity index (χ1) is 8.91. The molecule has 1 saturated heterocycles. The van der Waals surface area contributed by atoms with Crippen LogP contribution in [0.25, 0.3) is 0 Å². The van der Waals surface area contributed by atoms with Gasteiger partial charge in [-0.3, -0.25) is 4.98 Å². The molecule has 0 amide bonds. The summed E-state index contributed by atoms with van der Waals surface area (Å²) in [6.07, 6.45) is 2.16. The molecule has 0 unspecified atom stereocenters. The molecule has 1 aliphatic heterocycles. The van der Waals surface area contributed by atoms with Crippen molar-refractivity contribution in [2.45, 2.75) is 32.4 Å². The van der Waals surface area contributed by atoms with Gasteiger partial charge in [0.05, 0.1) is 24.6 Å². The van der Waals surface area contributed by atoms with E-state index < -0.39 is 0 Å². The van der Waals surface area contributed by atoms with Gasteiger partial charge in [-0.15, -0.1) is 0 Å². The van der Waals surface area contributed by atoms with Crippen LogP contribution in [0, 0.1) is 6.92 Å². The fraction of sp³-hybridized carbons (Fsp3) is 0.667. The van der Waals surface area contributed by atoms with E-state index in [1.165, 1.54) is 5.69 Å². The van der Waals surface area contributed by atoms with Gasteiger partial charge in [0.2, 0.25) is 0 Å². The normalized spacial score (nSPS) is 20.9. The van der Waals surface area contributed by atoms with Crippen LogP contribution in [0.3, 0.4) is 0 Å². The van der Waals surface area contributed by atoms with Crippen LogP contribution in [-0.2, 0) is 4.74 Å². The number of pyridine rings is 1. The lowest BCUT2D eigenvalue weighted by Crippen LogP contribution is -2.57. The fourth-order valence-corrected chi connectivity index (χ4v) is 2.25. The Kier molecular flexibility index (Phi) is 4.11. The SMILES string of the molecule is Cc1ccc(N2CCO[C@H](C(C)(C)N(C)C)C2)cn1. The number of morpholine rings is 1. The van der Waals surface area contributed by atoms with Gasteiger partial charge in [-0.25, -0.2) is 0 Å². The molecule has 0 aromatic carbocycles. The zero-order chi connectivity index (χ0) is 14.0. The Hall–Kier alpha value is -1.13. The Bertz CT molecular complexity index is 414. The quantitative estimate of drug-likeness (QED) is 0.833. The van der Waals surface area contributed by atoms with Gasteiger partial charge in [-0.05, 0) is 47.0 Å². The maximum Gasteiger partial charge on any atom is 0.0928 e. The predicted molar refractivity (Wildman–Crippen MR) is 78.7 cm³/mol. The molecule has 1 aromatic heterocycles. The van der Waals surface area contributed by atoms with Gasteiger partial charge in [-0.2, -0.15) is 0 Å². The summed E-state index contributed by atoms with van der Waals surface area (Å²) >= 11 is 0. The summed E-state index contributed by atoms with van der Waals surface area (Å²) in [7, 11) is 4.21. The van der Waals surface area contributed by atoms with E-state index >= 15 is 0 Å². The average Bonchev–Trinajstić information content (AvgIpc) is 2.39. The third kappa shape index (κ3) is 3.07. The predicted octanol–water partition coefficient (Wildman–Crippen LogP) is 1.94. The lowest BCUT2D eigenvalue weighted by molar-refractivity contribution is -0.0484. The Balaban J connectivity index is 2.11. The summed E-state index contributed by atoms with van der Waals surface area (Å²) in [5.41, 5.74) is 2.27. The molecular formula is C15H25N3O. The first kappa shape index (κ1) is 14.3. The Morgan fingerprint density at radius 3 is 2.68 bits per heavy atom. The molecule has 2 heterocycles. The molecular weight excluding hydrogens is 238 g/mol. The molecule has 0 spiro atoms. The van der Waals surface area contributed by atoms with Gasteiger partial charge < -0.3 is 14.5 Å². The largest absolute Gasteiger partial charge is 0.373 e. The van der Waals surface area contributed by atoms with Crippen molar-refractivity contribution in [1.29, 1.82) is 0 Å². The van der Waals surface area contributed by atoms with Gasteiger partial charge in [0, 0.05) is 24.3 Å². The van der Waals surface area contributed by atoms with E-state index in [0.29, 0.717) is 0 Å². The molecule has 4 nitrogen and oxygen atoms in total. The molecule has 4 heteroatoms. The topological polar surface area (TPSA) is 28.6 Å². The maximum atomic E-state index is 5.98. The molecule has 0 bridgehead atoms. The molecule has 0 aliphatic carbocycles. The first-order valence-electron chi connectivity index (χ1n) is 6.88. The molecule has 1 fully saturated rings. The van der Waals surface area contributed by atoms with Crippen LogP contribution < -0.4 is 4.90 Å². The minimum absolute atomic E-state index is 0.0246. The number of likely N-dealkylation sites (N-methyl/N-ethyl adjacent to an activating group) is 1. The highest BCUT2D eigenvalue weighted by Gasteiger charge is 2.36. The van der Waals surface area contributed by atoms with Crippen LogP contribution in [0.15, 0.2) is 18.3 Å². The number of ether oxygens (including phenoxy) is 1. The number of hydrogen-bond acceptors (Lipinski definition) is 4. The van der Waals surface area contributed by atoms with Gasteiger partial charge >= 0.3 is 0 Å². The van der Waals surface area contributed by atoms with E-state index in [0.717, 1.165) is 25.4 Å². The number of nitrogens with zero attached hydrogens (tertiary/aromatic N) is 3. The van der Waals surface area contributed by atoms with Crippen LogP contribution in [-0.4, -0.2) is 55.3 Å². The molecule has 106 valence electrons. The first-order valence-corrected chi connectivity index (χ1v) is 6.88. The minimum atomic E-state index is 0.0246. The second kappa shape index (κ2) is 5.47. The third-order valence-electron chi connectivity index (χ3n) is 4.27. The second-order valence-electron chi connectivity index (χ2n) is 6.01. The number of anilines is 1. The highest BCUT2D eigenvalue weighted by molar-refractivity contribution is 5.45. The molecule has 19 heavy (non-hydrogen) atoms. The van der Waals surface area contributed by atoms with Crippen molar-refractivity contribution in [1.82, 2.24) is 9.88 Å². The summed E-state index contributed by atoms with van der Waals surface area (Å²) in [5, 5.41) is 0. The van der Waals surface area contributed by atoms with Crippen molar-refractivity contribution in [3.05, 3.63) is 24.0 Å². The van der Waals surface area contributed by atoms with E-state index in [-0.39, 0.29) is 11.6 Å². The monoisotopic (exact) mass is 263 g/mol. The zero-order valence-electron chi connectivity index (χ0n) is 12.7. The van der Waals surface area contributed by atoms with Crippen LogP contribution >= 0.6 is 0 Å². The van der Waals surface area contributed by atoms with Gasteiger partial charge in [0.25, 0.3) is 0 Å². The smallest absolute Gasteiger partial charge is 0.0928 e. The van der Waals surface area contributed by atoms with Crippen molar-refractivity contribution >= 4 is 5.69 Å². The lowest BCUT2D eigenvalue weighted by Gasteiger charge is -2.45. The van der Waals surface area contributed by atoms with E-state index in [4.69, 9.17) is 4.74 Å². The molecule has 1 aliphatic rings.